The maximum absolute atomic E-state index is 12.9. The number of ether oxygens (including phenoxy) is 1. The summed E-state index contributed by atoms with van der Waals surface area (Å²) in [6.07, 6.45) is 1.15. The zero-order chi connectivity index (χ0) is 25.2. The molecule has 3 unspecified atom stereocenters. The predicted molar refractivity (Wildman–Crippen MR) is 126 cm³/mol. The topological polar surface area (TPSA) is 81.4 Å². The van der Waals surface area contributed by atoms with Crippen molar-refractivity contribution < 1.29 is 31.9 Å². The smallest absolute Gasteiger partial charge is 0.416 e. The van der Waals surface area contributed by atoms with Gasteiger partial charge < -0.3 is 9.15 Å². The van der Waals surface area contributed by atoms with E-state index in [0.717, 1.165) is 56.0 Å². The third-order valence-corrected chi connectivity index (χ3v) is 7.56. The van der Waals surface area contributed by atoms with Crippen molar-refractivity contribution in [3.63, 3.8) is 0 Å². The molecule has 1 N–H and O–H groups in total. The Balaban J connectivity index is 1.36. The highest BCUT2D eigenvalue weighted by Crippen LogP contribution is 2.35. The summed E-state index contributed by atoms with van der Waals surface area (Å²) in [5, 5.41) is 1.77. The van der Waals surface area contributed by atoms with Crippen LogP contribution in [0.25, 0.3) is 11.5 Å². The molecule has 6 nitrogen and oxygen atoms in total. The van der Waals surface area contributed by atoms with Crippen LogP contribution in [-0.4, -0.2) is 27.5 Å². The minimum Gasteiger partial charge on any atom is -0.441 e. The number of aromatic nitrogens is 1. The van der Waals surface area contributed by atoms with E-state index in [9.17, 15) is 22.8 Å². The highest BCUT2D eigenvalue weighted by Gasteiger charge is 2.33. The number of imide groups is 1. The van der Waals surface area contributed by atoms with Gasteiger partial charge in [0.05, 0.1) is 23.5 Å². The first-order chi connectivity index (χ1) is 16.6. The van der Waals surface area contributed by atoms with Crippen molar-refractivity contribution in [1.29, 1.82) is 0 Å². The normalized spacial score (nSPS) is 23.2. The number of alkyl halides is 3. The Kier molecular flexibility index (Phi) is 7.90. The number of oxazole rings is 1. The van der Waals surface area contributed by atoms with Gasteiger partial charge in [0, 0.05) is 11.5 Å². The van der Waals surface area contributed by atoms with Gasteiger partial charge in [-0.05, 0) is 55.9 Å². The largest absolute Gasteiger partial charge is 0.441 e. The van der Waals surface area contributed by atoms with Crippen molar-refractivity contribution in [2.24, 2.45) is 5.92 Å². The fourth-order valence-electron chi connectivity index (χ4n) is 4.67. The quantitative estimate of drug-likeness (QED) is 0.426. The van der Waals surface area contributed by atoms with Crippen molar-refractivity contribution in [3.8, 4) is 11.5 Å². The molecule has 0 bridgehead atoms. The molecule has 0 spiro atoms. The van der Waals surface area contributed by atoms with Crippen molar-refractivity contribution in [2.45, 2.75) is 82.4 Å². The standard InChI is InChI=1S/C25H29F3N2O4S/c1-14(2)21-19(29-23(34-21)16-7-9-17(10-8-16)25(26,27)28)13-33-18-5-3-4-15(12-18)6-11-20-22(31)30-24(32)35-20/h7-10,14-15,18,20H,3-6,11-13H2,1-2H3,(H,30,31,32). The van der Waals surface area contributed by atoms with Crippen molar-refractivity contribution >= 4 is 22.9 Å². The number of rotatable bonds is 8. The summed E-state index contributed by atoms with van der Waals surface area (Å²) in [6, 6.07) is 4.78. The van der Waals surface area contributed by atoms with Crippen LogP contribution in [0, 0.1) is 5.92 Å². The Morgan fingerprint density at radius 2 is 1.91 bits per heavy atom. The lowest BCUT2D eigenvalue weighted by Crippen LogP contribution is -2.26. The van der Waals surface area contributed by atoms with Crippen LogP contribution in [0.5, 0.6) is 0 Å². The molecule has 2 aliphatic rings. The van der Waals surface area contributed by atoms with E-state index < -0.39 is 11.7 Å². The maximum atomic E-state index is 12.9. The Hall–Kier alpha value is -2.33. The number of benzene rings is 1. The fourth-order valence-corrected chi connectivity index (χ4v) is 5.50. The van der Waals surface area contributed by atoms with Gasteiger partial charge in [-0.1, -0.05) is 38.5 Å². The molecule has 4 rings (SSSR count). The van der Waals surface area contributed by atoms with Crippen molar-refractivity contribution in [3.05, 3.63) is 41.3 Å². The lowest BCUT2D eigenvalue weighted by atomic mass is 9.84. The summed E-state index contributed by atoms with van der Waals surface area (Å²) >= 11 is 1.07. The minimum absolute atomic E-state index is 0.0428. The van der Waals surface area contributed by atoms with Crippen LogP contribution in [0.3, 0.4) is 0 Å². The summed E-state index contributed by atoms with van der Waals surface area (Å²) in [5.41, 5.74) is 0.428. The number of carbonyl (C=O) groups excluding carboxylic acids is 2. The molecule has 1 saturated heterocycles. The Morgan fingerprint density at radius 1 is 1.17 bits per heavy atom. The Morgan fingerprint density at radius 3 is 2.54 bits per heavy atom. The van der Waals surface area contributed by atoms with Crippen LogP contribution in [0.4, 0.5) is 18.0 Å². The molecule has 1 aromatic carbocycles. The van der Waals surface area contributed by atoms with Gasteiger partial charge in [0.2, 0.25) is 11.8 Å². The van der Waals surface area contributed by atoms with Crippen LogP contribution in [-0.2, 0) is 22.3 Å². The van der Waals surface area contributed by atoms with E-state index in [1.807, 2.05) is 13.8 Å². The molecule has 2 amide bonds. The van der Waals surface area contributed by atoms with Crippen LogP contribution in [0.1, 0.15) is 75.3 Å². The van der Waals surface area contributed by atoms with E-state index in [2.05, 4.69) is 10.3 Å². The van der Waals surface area contributed by atoms with Crippen LogP contribution < -0.4 is 5.32 Å². The number of hydrogen-bond donors (Lipinski definition) is 1. The molecule has 1 aliphatic heterocycles. The second-order valence-electron chi connectivity index (χ2n) is 9.49. The summed E-state index contributed by atoms with van der Waals surface area (Å²) < 4.78 is 50.7. The Labute approximate surface area is 206 Å². The molecule has 1 saturated carbocycles. The van der Waals surface area contributed by atoms with Crippen molar-refractivity contribution in [1.82, 2.24) is 10.3 Å². The zero-order valence-electron chi connectivity index (χ0n) is 19.7. The molecule has 0 radical (unpaired) electrons. The average Bonchev–Trinajstić information content (AvgIpc) is 3.38. The van der Waals surface area contributed by atoms with Gasteiger partial charge in [-0.3, -0.25) is 14.9 Å². The second kappa shape index (κ2) is 10.7. The number of carbonyl (C=O) groups is 2. The minimum atomic E-state index is -4.39. The first kappa shape index (κ1) is 25.8. The number of thioether (sulfide) groups is 1. The third-order valence-electron chi connectivity index (χ3n) is 6.51. The van der Waals surface area contributed by atoms with Crippen LogP contribution >= 0.6 is 11.8 Å². The number of halogens is 3. The molecule has 10 heteroatoms. The van der Waals surface area contributed by atoms with Crippen molar-refractivity contribution in [2.75, 3.05) is 0 Å². The Bertz CT molecular complexity index is 1050. The number of nitrogens with one attached hydrogen (secondary N) is 1. The lowest BCUT2D eigenvalue weighted by Gasteiger charge is -2.29. The third kappa shape index (κ3) is 6.46. The van der Waals surface area contributed by atoms with Gasteiger partial charge >= 0.3 is 6.18 Å². The maximum Gasteiger partial charge on any atom is 0.416 e. The monoisotopic (exact) mass is 510 g/mol. The summed E-state index contributed by atoms with van der Waals surface area (Å²) in [7, 11) is 0. The molecule has 2 fully saturated rings. The number of hydrogen-bond acceptors (Lipinski definition) is 6. The molecular formula is C25H29F3N2O4S. The predicted octanol–water partition coefficient (Wildman–Crippen LogP) is 6.69. The van der Waals surface area contributed by atoms with E-state index in [0.29, 0.717) is 29.4 Å². The van der Waals surface area contributed by atoms with Gasteiger partial charge in [0.15, 0.2) is 0 Å². The highest BCUT2D eigenvalue weighted by molar-refractivity contribution is 8.15. The molecule has 35 heavy (non-hydrogen) atoms. The van der Waals surface area contributed by atoms with E-state index in [-0.39, 0.29) is 40.9 Å². The molecule has 1 aliphatic carbocycles. The van der Waals surface area contributed by atoms with Gasteiger partial charge in [0.1, 0.15) is 11.5 Å². The van der Waals surface area contributed by atoms with Gasteiger partial charge in [-0.15, -0.1) is 0 Å². The molecule has 2 heterocycles. The molecule has 190 valence electrons. The van der Waals surface area contributed by atoms with Gasteiger partial charge in [-0.25, -0.2) is 4.98 Å². The molecular weight excluding hydrogens is 481 g/mol. The first-order valence-corrected chi connectivity index (χ1v) is 12.8. The van der Waals surface area contributed by atoms with Gasteiger partial charge in [-0.2, -0.15) is 13.2 Å². The zero-order valence-corrected chi connectivity index (χ0v) is 20.5. The average molecular weight is 511 g/mol. The number of nitrogens with zero attached hydrogens (tertiary/aromatic N) is 1. The summed E-state index contributed by atoms with van der Waals surface area (Å²) in [6.45, 7) is 4.21. The number of amides is 2. The van der Waals surface area contributed by atoms with Gasteiger partial charge in [0.25, 0.3) is 5.24 Å². The first-order valence-electron chi connectivity index (χ1n) is 11.9. The van der Waals surface area contributed by atoms with E-state index >= 15 is 0 Å². The molecule has 1 aromatic heterocycles. The molecule has 3 atom stereocenters. The summed E-state index contributed by atoms with van der Waals surface area (Å²) in [4.78, 5) is 27.7. The lowest BCUT2D eigenvalue weighted by molar-refractivity contribution is -0.137. The van der Waals surface area contributed by atoms with Crippen LogP contribution in [0.15, 0.2) is 28.7 Å². The van der Waals surface area contributed by atoms with E-state index in [1.54, 1.807) is 0 Å². The SMILES string of the molecule is CC(C)c1oc(-c2ccc(C(F)(F)F)cc2)nc1COC1CCCC(CCC2SC(=O)NC2=O)C1. The summed E-state index contributed by atoms with van der Waals surface area (Å²) in [5.74, 6) is 1.23. The van der Waals surface area contributed by atoms with E-state index in [1.165, 1.54) is 12.1 Å². The van der Waals surface area contributed by atoms with Crippen LogP contribution in [0.2, 0.25) is 0 Å². The fraction of sp³-hybridized carbons (Fsp3) is 0.560. The second-order valence-corrected chi connectivity index (χ2v) is 10.7. The molecule has 2 aromatic rings. The highest BCUT2D eigenvalue weighted by atomic mass is 32.2. The van der Waals surface area contributed by atoms with E-state index in [4.69, 9.17) is 9.15 Å².